The van der Waals surface area contributed by atoms with Crippen molar-refractivity contribution in [1.82, 2.24) is 4.31 Å². The van der Waals surface area contributed by atoms with E-state index in [4.69, 9.17) is 5.73 Å². The Hall–Kier alpha value is -1.24. The fraction of sp³-hybridized carbons (Fsp3) is 0.333. The van der Waals surface area contributed by atoms with Gasteiger partial charge in [0.2, 0.25) is 10.0 Å². The highest BCUT2D eigenvalue weighted by Crippen LogP contribution is 2.20. The van der Waals surface area contributed by atoms with Crippen LogP contribution in [0.15, 0.2) is 35.7 Å². The minimum Gasteiger partial charge on any atom is -0.326 e. The van der Waals surface area contributed by atoms with Gasteiger partial charge in [-0.3, -0.25) is 0 Å². The Labute approximate surface area is 107 Å². The maximum Gasteiger partial charge on any atom is 0.246 e. The van der Waals surface area contributed by atoms with Crippen LogP contribution in [0.3, 0.4) is 0 Å². The molecule has 6 heteroatoms. The van der Waals surface area contributed by atoms with Crippen LogP contribution in [0, 0.1) is 5.82 Å². The van der Waals surface area contributed by atoms with E-state index in [-0.39, 0.29) is 24.5 Å². The van der Waals surface area contributed by atoms with E-state index in [0.717, 1.165) is 10.4 Å². The van der Waals surface area contributed by atoms with Crippen molar-refractivity contribution in [2.45, 2.75) is 18.4 Å². The van der Waals surface area contributed by atoms with Crippen molar-refractivity contribution in [2.75, 3.05) is 13.1 Å². The van der Waals surface area contributed by atoms with E-state index >= 15 is 0 Å². The largest absolute Gasteiger partial charge is 0.326 e. The fourth-order valence-corrected chi connectivity index (χ4v) is 3.09. The summed E-state index contributed by atoms with van der Waals surface area (Å²) in [4.78, 5) is -0.339. The Bertz CT molecular complexity index is 529. The number of rotatable bonds is 6. The summed E-state index contributed by atoms with van der Waals surface area (Å²) in [6.45, 7) is 5.74. The molecular weight excluding hydrogens is 255 g/mol. The first-order chi connectivity index (χ1) is 8.47. The Morgan fingerprint density at radius 1 is 1.50 bits per heavy atom. The molecule has 0 fully saturated rings. The van der Waals surface area contributed by atoms with Gasteiger partial charge >= 0.3 is 0 Å². The van der Waals surface area contributed by atoms with Crippen molar-refractivity contribution in [2.24, 2.45) is 5.73 Å². The number of halogens is 1. The average Bonchev–Trinajstić information content (AvgIpc) is 2.36. The van der Waals surface area contributed by atoms with Crippen molar-refractivity contribution < 1.29 is 12.8 Å². The highest BCUT2D eigenvalue weighted by Gasteiger charge is 2.25. The summed E-state index contributed by atoms with van der Waals surface area (Å²) >= 11 is 0. The molecule has 0 bridgehead atoms. The summed E-state index contributed by atoms with van der Waals surface area (Å²) in [5, 5.41) is 0. The molecule has 1 aromatic rings. The van der Waals surface area contributed by atoms with Crippen LogP contribution in [0.2, 0.25) is 0 Å². The molecule has 100 valence electrons. The van der Waals surface area contributed by atoms with E-state index in [1.165, 1.54) is 18.2 Å². The van der Waals surface area contributed by atoms with Gasteiger partial charge in [0.15, 0.2) is 0 Å². The molecule has 0 aliphatic carbocycles. The summed E-state index contributed by atoms with van der Waals surface area (Å²) in [5.74, 6) is -0.769. The summed E-state index contributed by atoms with van der Waals surface area (Å²) in [5.41, 5.74) is 6.01. The van der Waals surface area contributed by atoms with Gasteiger partial charge in [-0.2, -0.15) is 4.31 Å². The van der Waals surface area contributed by atoms with E-state index in [2.05, 4.69) is 6.58 Å². The summed E-state index contributed by atoms with van der Waals surface area (Å²) in [6.07, 6.45) is 1.46. The van der Waals surface area contributed by atoms with E-state index in [9.17, 15) is 12.8 Å². The molecule has 0 radical (unpaired) electrons. The first kappa shape index (κ1) is 14.8. The molecule has 4 nitrogen and oxygen atoms in total. The first-order valence-electron chi connectivity index (χ1n) is 5.56. The lowest BCUT2D eigenvalue weighted by Gasteiger charge is -2.19. The Morgan fingerprint density at radius 3 is 2.67 bits per heavy atom. The smallest absolute Gasteiger partial charge is 0.246 e. The van der Waals surface area contributed by atoms with Crippen molar-refractivity contribution in [1.29, 1.82) is 0 Å². The van der Waals surface area contributed by atoms with E-state index < -0.39 is 15.8 Å². The van der Waals surface area contributed by atoms with Crippen molar-refractivity contribution in [3.05, 3.63) is 42.2 Å². The van der Waals surface area contributed by atoms with Gasteiger partial charge in [0.05, 0.1) is 0 Å². The molecule has 0 amide bonds. The summed E-state index contributed by atoms with van der Waals surface area (Å²) in [6, 6.07) is 3.87. The third-order valence-electron chi connectivity index (χ3n) is 2.53. The van der Waals surface area contributed by atoms with E-state index in [1.54, 1.807) is 6.92 Å². The number of nitrogens with two attached hydrogens (primary N) is 1. The highest BCUT2D eigenvalue weighted by molar-refractivity contribution is 7.89. The normalized spacial score (nSPS) is 11.8. The van der Waals surface area contributed by atoms with E-state index in [0.29, 0.717) is 5.56 Å². The van der Waals surface area contributed by atoms with Crippen LogP contribution in [-0.2, 0) is 16.6 Å². The van der Waals surface area contributed by atoms with Gasteiger partial charge in [-0.1, -0.05) is 19.1 Å². The van der Waals surface area contributed by atoms with Gasteiger partial charge in [-0.25, -0.2) is 12.8 Å². The molecule has 0 atom stereocenters. The monoisotopic (exact) mass is 272 g/mol. The Balaban J connectivity index is 3.30. The SMILES string of the molecule is C=CCN(CC)S(=O)(=O)c1cc(CN)ccc1F. The molecule has 0 unspecified atom stereocenters. The number of nitrogens with zero attached hydrogens (tertiary/aromatic N) is 1. The molecule has 0 aliphatic heterocycles. The minimum atomic E-state index is -3.85. The van der Waals surface area contributed by atoms with Crippen molar-refractivity contribution in [3.63, 3.8) is 0 Å². The maximum atomic E-state index is 13.7. The van der Waals surface area contributed by atoms with Gasteiger partial charge in [-0.05, 0) is 17.7 Å². The van der Waals surface area contributed by atoms with Crippen LogP contribution >= 0.6 is 0 Å². The number of hydrogen-bond donors (Lipinski definition) is 1. The third kappa shape index (κ3) is 2.95. The zero-order valence-corrected chi connectivity index (χ0v) is 11.1. The van der Waals surface area contributed by atoms with Gasteiger partial charge < -0.3 is 5.73 Å². The molecule has 0 saturated carbocycles. The van der Waals surface area contributed by atoms with Gasteiger partial charge in [0.1, 0.15) is 10.7 Å². The predicted molar refractivity (Wildman–Crippen MR) is 68.9 cm³/mol. The number of hydrogen-bond acceptors (Lipinski definition) is 3. The quantitative estimate of drug-likeness (QED) is 0.798. The maximum absolute atomic E-state index is 13.7. The molecular formula is C12H17FN2O2S. The highest BCUT2D eigenvalue weighted by atomic mass is 32.2. The molecule has 0 spiro atoms. The van der Waals surface area contributed by atoms with Crippen LogP contribution < -0.4 is 5.73 Å². The molecule has 1 aromatic carbocycles. The summed E-state index contributed by atoms with van der Waals surface area (Å²) < 4.78 is 39.3. The van der Waals surface area contributed by atoms with Gasteiger partial charge in [0.25, 0.3) is 0 Å². The number of benzene rings is 1. The Kier molecular flexibility index (Phi) is 5.01. The second-order valence-corrected chi connectivity index (χ2v) is 5.62. The average molecular weight is 272 g/mol. The van der Waals surface area contributed by atoms with Crippen LogP contribution in [0.25, 0.3) is 0 Å². The standard InChI is InChI=1S/C12H17FN2O2S/c1-3-7-15(4-2)18(16,17)12-8-10(9-14)5-6-11(12)13/h3,5-6,8H,1,4,7,9,14H2,2H3. The minimum absolute atomic E-state index is 0.144. The van der Waals surface area contributed by atoms with Gasteiger partial charge in [-0.15, -0.1) is 6.58 Å². The second kappa shape index (κ2) is 6.08. The fourth-order valence-electron chi connectivity index (χ4n) is 1.55. The lowest BCUT2D eigenvalue weighted by atomic mass is 10.2. The third-order valence-corrected chi connectivity index (χ3v) is 4.49. The molecule has 0 saturated heterocycles. The lowest BCUT2D eigenvalue weighted by molar-refractivity contribution is 0.453. The van der Waals surface area contributed by atoms with Gasteiger partial charge in [0, 0.05) is 19.6 Å². The predicted octanol–water partition coefficient (Wildman–Crippen LogP) is 1.48. The zero-order chi connectivity index (χ0) is 13.8. The van der Waals surface area contributed by atoms with Crippen LogP contribution in [0.1, 0.15) is 12.5 Å². The molecule has 0 aliphatic rings. The zero-order valence-electron chi connectivity index (χ0n) is 10.3. The lowest BCUT2D eigenvalue weighted by Crippen LogP contribution is -2.31. The van der Waals surface area contributed by atoms with Crippen LogP contribution in [-0.4, -0.2) is 25.8 Å². The topological polar surface area (TPSA) is 63.4 Å². The summed E-state index contributed by atoms with van der Waals surface area (Å²) in [7, 11) is -3.85. The molecule has 0 aromatic heterocycles. The number of sulfonamides is 1. The van der Waals surface area contributed by atoms with E-state index in [1.807, 2.05) is 0 Å². The molecule has 1 rings (SSSR count). The molecule has 18 heavy (non-hydrogen) atoms. The number of likely N-dealkylation sites (N-methyl/N-ethyl adjacent to an activating group) is 1. The van der Waals surface area contributed by atoms with Crippen molar-refractivity contribution >= 4 is 10.0 Å². The Morgan fingerprint density at radius 2 is 2.17 bits per heavy atom. The first-order valence-corrected chi connectivity index (χ1v) is 7.00. The van der Waals surface area contributed by atoms with Crippen LogP contribution in [0.4, 0.5) is 4.39 Å². The molecule has 2 N–H and O–H groups in total. The molecule has 0 heterocycles. The van der Waals surface area contributed by atoms with Crippen molar-refractivity contribution in [3.8, 4) is 0 Å². The second-order valence-electron chi connectivity index (χ2n) is 3.71. The van der Waals surface area contributed by atoms with Crippen LogP contribution in [0.5, 0.6) is 0 Å².